The molecule has 10 heteroatoms. The first-order valence-electron chi connectivity index (χ1n) is 16.3. The molecular weight excluding hydrogens is 645 g/mol. The van der Waals surface area contributed by atoms with Crippen LogP contribution in [0.4, 0.5) is 0 Å². The van der Waals surface area contributed by atoms with Gasteiger partial charge in [-0.25, -0.2) is 0 Å². The molecule has 1 saturated carbocycles. The van der Waals surface area contributed by atoms with Gasteiger partial charge in [0.1, 0.15) is 0 Å². The highest BCUT2D eigenvalue weighted by Crippen LogP contribution is 2.46. The van der Waals surface area contributed by atoms with Crippen molar-refractivity contribution in [2.45, 2.75) is 84.6 Å². The minimum absolute atomic E-state index is 0.0770. The van der Waals surface area contributed by atoms with Gasteiger partial charge in [0.2, 0.25) is 5.91 Å². The molecule has 5 rings (SSSR count). The second kappa shape index (κ2) is 16.0. The molecule has 1 aliphatic heterocycles. The molecule has 46 heavy (non-hydrogen) atoms. The van der Waals surface area contributed by atoms with Crippen molar-refractivity contribution in [2.24, 2.45) is 11.3 Å². The molecule has 0 atom stereocenters. The number of rotatable bonds is 7. The van der Waals surface area contributed by atoms with Crippen LogP contribution in [-0.2, 0) is 4.79 Å². The first-order valence-corrected chi connectivity index (χ1v) is 17.4. The van der Waals surface area contributed by atoms with Crippen molar-refractivity contribution in [2.75, 3.05) is 26.2 Å². The van der Waals surface area contributed by atoms with Gasteiger partial charge in [-0.1, -0.05) is 71.8 Å². The smallest absolute Gasteiger partial charge is 0.287 e. The lowest BCUT2D eigenvalue weighted by molar-refractivity contribution is -0.141. The average Bonchev–Trinajstić information content (AvgIpc) is 3.01. The first kappa shape index (κ1) is 36.3. The lowest BCUT2D eigenvalue weighted by atomic mass is 9.63. The number of carbonyl (C=O) groups excluding carboxylic acids is 2. The summed E-state index contributed by atoms with van der Waals surface area (Å²) in [5.74, 6) is 0.153. The Bertz CT molecular complexity index is 1530. The van der Waals surface area contributed by atoms with Gasteiger partial charge in [-0.05, 0) is 110 Å². The van der Waals surface area contributed by atoms with Crippen LogP contribution in [0.25, 0.3) is 11.0 Å². The van der Waals surface area contributed by atoms with Gasteiger partial charge in [-0.15, -0.1) is 0 Å². The predicted molar refractivity (Wildman–Crippen MR) is 188 cm³/mol. The topological polar surface area (TPSA) is 91.7 Å². The van der Waals surface area contributed by atoms with Crippen LogP contribution in [0.5, 0.6) is 0 Å². The highest BCUT2D eigenvalue weighted by molar-refractivity contribution is 6.38. The number of fused-ring (bicyclic) bond motifs is 1. The minimum atomic E-state index is -0.455. The molecule has 0 bridgehead atoms. The van der Waals surface area contributed by atoms with Crippen LogP contribution in [0.2, 0.25) is 15.1 Å². The molecule has 7 nitrogen and oxygen atoms in total. The molecule has 2 heterocycles. The van der Waals surface area contributed by atoms with Crippen molar-refractivity contribution in [1.82, 2.24) is 15.5 Å². The molecule has 0 spiro atoms. The van der Waals surface area contributed by atoms with Crippen molar-refractivity contribution >= 4 is 57.6 Å². The van der Waals surface area contributed by atoms with E-state index in [4.69, 9.17) is 39.2 Å². The Hall–Kier alpha value is -2.58. The van der Waals surface area contributed by atoms with Crippen LogP contribution < -0.4 is 16.1 Å². The largest absolute Gasteiger partial charge is 0.449 e. The zero-order valence-electron chi connectivity index (χ0n) is 27.3. The number of likely N-dealkylation sites (tertiary alicyclic amines) is 1. The van der Waals surface area contributed by atoms with Crippen molar-refractivity contribution < 1.29 is 14.0 Å². The number of amides is 2. The molecule has 2 fully saturated rings. The Labute approximate surface area is 287 Å². The fourth-order valence-corrected chi connectivity index (χ4v) is 7.19. The fraction of sp³-hybridized carbons (Fsp3) is 0.528. The van der Waals surface area contributed by atoms with E-state index in [-0.39, 0.29) is 44.0 Å². The number of halogens is 3. The van der Waals surface area contributed by atoms with Crippen molar-refractivity contribution in [3.8, 4) is 0 Å². The van der Waals surface area contributed by atoms with E-state index in [2.05, 4.69) is 36.3 Å². The summed E-state index contributed by atoms with van der Waals surface area (Å²) in [6.07, 6.45) is 8.50. The Kier molecular flexibility index (Phi) is 12.6. The summed E-state index contributed by atoms with van der Waals surface area (Å²) in [7, 11) is 0. The monoisotopic (exact) mass is 689 g/mol. The number of carbonyl (C=O) groups is 2. The van der Waals surface area contributed by atoms with E-state index in [1.165, 1.54) is 43.0 Å². The molecule has 3 aromatic rings. The third-order valence-corrected chi connectivity index (χ3v) is 9.75. The maximum Gasteiger partial charge on any atom is 0.287 e. The van der Waals surface area contributed by atoms with Gasteiger partial charge in [0.15, 0.2) is 16.8 Å². The molecule has 250 valence electrons. The highest BCUT2D eigenvalue weighted by atomic mass is 35.5. The zero-order valence-corrected chi connectivity index (χ0v) is 29.6. The number of piperidine rings is 1. The first-order chi connectivity index (χ1) is 21.8. The van der Waals surface area contributed by atoms with Crippen molar-refractivity contribution in [1.29, 1.82) is 0 Å². The third kappa shape index (κ3) is 9.72. The Balaban J connectivity index is 0.000000523. The number of nitrogens with one attached hydrogen (secondary N) is 2. The lowest BCUT2D eigenvalue weighted by Crippen LogP contribution is -2.56. The molecule has 1 saturated heterocycles. The summed E-state index contributed by atoms with van der Waals surface area (Å²) >= 11 is 17.8. The fourth-order valence-electron chi connectivity index (χ4n) is 6.54. The Morgan fingerprint density at radius 3 is 2.22 bits per heavy atom. The van der Waals surface area contributed by atoms with Crippen molar-refractivity contribution in [3.05, 3.63) is 79.1 Å². The quantitative estimate of drug-likeness (QED) is 0.243. The van der Waals surface area contributed by atoms with E-state index in [1.54, 1.807) is 0 Å². The molecule has 1 aromatic heterocycles. The maximum absolute atomic E-state index is 13.5. The molecule has 2 aromatic carbocycles. The summed E-state index contributed by atoms with van der Waals surface area (Å²) in [6.45, 7) is 11.2. The molecule has 2 amide bonds. The van der Waals surface area contributed by atoms with Crippen LogP contribution in [0.15, 0.2) is 51.7 Å². The van der Waals surface area contributed by atoms with E-state index in [1.807, 2.05) is 31.2 Å². The van der Waals surface area contributed by atoms with Gasteiger partial charge in [-0.2, -0.15) is 0 Å². The molecule has 0 unspecified atom stereocenters. The van der Waals surface area contributed by atoms with E-state index in [0.29, 0.717) is 17.5 Å². The molecule has 1 aliphatic carbocycles. The summed E-state index contributed by atoms with van der Waals surface area (Å²) in [4.78, 5) is 41.0. The summed E-state index contributed by atoms with van der Waals surface area (Å²) in [6, 6.07) is 11.9. The van der Waals surface area contributed by atoms with E-state index < -0.39 is 5.91 Å². The second-order valence-electron chi connectivity index (χ2n) is 13.7. The average molecular weight is 691 g/mol. The highest BCUT2D eigenvalue weighted by Gasteiger charge is 2.48. The van der Waals surface area contributed by atoms with Crippen LogP contribution in [0.1, 0.15) is 88.3 Å². The van der Waals surface area contributed by atoms with E-state index in [0.717, 1.165) is 56.8 Å². The number of hydrogen-bond donors (Lipinski definition) is 2. The molecule has 2 N–H and O–H groups in total. The van der Waals surface area contributed by atoms with E-state index >= 15 is 0 Å². The number of hydrogen-bond acceptors (Lipinski definition) is 5. The number of benzene rings is 2. The summed E-state index contributed by atoms with van der Waals surface area (Å²) in [5.41, 5.74) is 0.508. The van der Waals surface area contributed by atoms with Gasteiger partial charge < -0.3 is 20.0 Å². The normalized spacial score (nSPS) is 17.2. The maximum atomic E-state index is 13.5. The summed E-state index contributed by atoms with van der Waals surface area (Å²) in [5, 5.41) is 7.69. The van der Waals surface area contributed by atoms with Crippen LogP contribution in [-0.4, -0.2) is 48.4 Å². The molecule has 0 radical (unpaired) electrons. The Morgan fingerprint density at radius 1 is 0.957 bits per heavy atom. The van der Waals surface area contributed by atoms with Gasteiger partial charge in [-0.3, -0.25) is 14.4 Å². The standard InChI is InChI=1S/C29H39Cl2N3O4.C7H7Cl/c1-28(2,3)33-27(37)29(19-8-5-4-6-9-19)10-14-34(15-11-29)13-7-12-32-26(36)24-18-23(35)21-16-20(30)17-22(31)25(21)38-24;1-6-2-4-7(8)5-3-6/h16-19H,4-15H2,1-3H3,(H,32,36)(H,33,37);2-5H,1H3. The van der Waals surface area contributed by atoms with Crippen LogP contribution >= 0.6 is 34.8 Å². The lowest BCUT2D eigenvalue weighted by Gasteiger charge is -2.47. The second-order valence-corrected chi connectivity index (χ2v) is 15.0. The predicted octanol–water partition coefficient (Wildman–Crippen LogP) is 8.45. The summed E-state index contributed by atoms with van der Waals surface area (Å²) < 4.78 is 5.62. The van der Waals surface area contributed by atoms with Crippen LogP contribution in [0, 0.1) is 18.3 Å². The number of nitrogens with zero attached hydrogens (tertiary/aromatic N) is 1. The minimum Gasteiger partial charge on any atom is -0.449 e. The van der Waals surface area contributed by atoms with Gasteiger partial charge in [0, 0.05) is 28.2 Å². The van der Waals surface area contributed by atoms with Gasteiger partial charge in [0.25, 0.3) is 5.91 Å². The number of aryl methyl sites for hydroxylation is 1. The Morgan fingerprint density at radius 2 is 1.61 bits per heavy atom. The van der Waals surface area contributed by atoms with Gasteiger partial charge in [0.05, 0.1) is 15.8 Å². The molecular formula is C36H46Cl3N3O4. The third-order valence-electron chi connectivity index (χ3n) is 9.00. The SMILES string of the molecule is CC(C)(C)NC(=O)C1(C2CCCCC2)CCN(CCCNC(=O)c2cc(=O)c3cc(Cl)cc(Cl)c3o2)CC1.Cc1ccc(Cl)cc1. The molecule has 2 aliphatic rings. The zero-order chi connectivity index (χ0) is 33.5. The van der Waals surface area contributed by atoms with Gasteiger partial charge >= 0.3 is 0 Å². The van der Waals surface area contributed by atoms with E-state index in [9.17, 15) is 14.4 Å². The van der Waals surface area contributed by atoms with Crippen LogP contribution in [0.3, 0.4) is 0 Å². The van der Waals surface area contributed by atoms with Crippen molar-refractivity contribution in [3.63, 3.8) is 0 Å².